The van der Waals surface area contributed by atoms with Crippen LogP contribution in [0.4, 0.5) is 5.69 Å². The topological polar surface area (TPSA) is 110 Å². The van der Waals surface area contributed by atoms with Gasteiger partial charge < -0.3 is 20.8 Å². The maximum atomic E-state index is 12.3. The number of hydrogen-bond donors (Lipinski definition) is 3. The first-order valence-corrected chi connectivity index (χ1v) is 7.85. The van der Waals surface area contributed by atoms with Gasteiger partial charge >= 0.3 is 0 Å². The Morgan fingerprint density at radius 1 is 1.42 bits per heavy atom. The molecule has 0 aliphatic rings. The van der Waals surface area contributed by atoms with E-state index in [9.17, 15) is 9.59 Å². The minimum absolute atomic E-state index is 0.103. The summed E-state index contributed by atoms with van der Waals surface area (Å²) in [5.74, 6) is -0.585. The second kappa shape index (κ2) is 7.35. The summed E-state index contributed by atoms with van der Waals surface area (Å²) in [6.45, 7) is 5.57. The lowest BCUT2D eigenvalue weighted by atomic mass is 10.1. The molecule has 0 spiro atoms. The first-order valence-electron chi connectivity index (χ1n) is 7.48. The second-order valence-electron chi connectivity index (χ2n) is 5.40. The number of halogens is 1. The number of nitrogens with two attached hydrogens (primary N) is 1. The molecule has 1 aromatic heterocycles. The number of aryl methyl sites for hydroxylation is 1. The molecule has 0 saturated heterocycles. The summed E-state index contributed by atoms with van der Waals surface area (Å²) in [7, 11) is 0. The van der Waals surface area contributed by atoms with Gasteiger partial charge in [-0.3, -0.25) is 9.59 Å². The van der Waals surface area contributed by atoms with E-state index < -0.39 is 11.8 Å². The number of nitrogens with zero attached hydrogens (tertiary/aromatic N) is 1. The molecule has 0 atom stereocenters. The molecular formula is C16H19ClN4O3. The number of nitrogens with one attached hydrogen (secondary N) is 2. The maximum Gasteiger partial charge on any atom is 0.291 e. The first kappa shape index (κ1) is 17.8. The van der Waals surface area contributed by atoms with Crippen LogP contribution in [0.5, 0.6) is 5.75 Å². The van der Waals surface area contributed by atoms with E-state index in [1.807, 2.05) is 20.8 Å². The maximum absolute atomic E-state index is 12.3. The molecule has 0 saturated carbocycles. The summed E-state index contributed by atoms with van der Waals surface area (Å²) < 4.78 is 5.64. The van der Waals surface area contributed by atoms with Crippen LogP contribution in [0.1, 0.15) is 47.4 Å². The molecule has 8 heteroatoms. The smallest absolute Gasteiger partial charge is 0.291 e. The number of amides is 2. The number of hydrogen-bond acceptors (Lipinski definition) is 4. The summed E-state index contributed by atoms with van der Waals surface area (Å²) in [5.41, 5.74) is 6.66. The molecule has 2 rings (SSSR count). The molecule has 4 N–H and O–H groups in total. The van der Waals surface area contributed by atoms with Crippen LogP contribution in [-0.2, 0) is 6.42 Å². The van der Waals surface area contributed by atoms with Gasteiger partial charge in [0.25, 0.3) is 5.91 Å². The molecular weight excluding hydrogens is 332 g/mol. The van der Waals surface area contributed by atoms with Crippen molar-refractivity contribution in [1.29, 1.82) is 0 Å². The summed E-state index contributed by atoms with van der Waals surface area (Å²) >= 11 is 5.95. The number of H-pyrrole nitrogens is 1. The van der Waals surface area contributed by atoms with Crippen molar-refractivity contribution >= 4 is 29.1 Å². The predicted octanol–water partition coefficient (Wildman–Crippen LogP) is 2.76. The van der Waals surface area contributed by atoms with E-state index in [-0.39, 0.29) is 22.6 Å². The van der Waals surface area contributed by atoms with E-state index in [4.69, 9.17) is 22.1 Å². The van der Waals surface area contributed by atoms with Crippen LogP contribution in [0.15, 0.2) is 18.2 Å². The molecule has 1 heterocycles. The normalized spacial score (nSPS) is 10.7. The highest BCUT2D eigenvalue weighted by atomic mass is 35.5. The Morgan fingerprint density at radius 3 is 2.67 bits per heavy atom. The number of ether oxygens (including phenoxy) is 1. The van der Waals surface area contributed by atoms with E-state index in [0.29, 0.717) is 23.6 Å². The van der Waals surface area contributed by atoms with Crippen molar-refractivity contribution < 1.29 is 14.3 Å². The van der Waals surface area contributed by atoms with Crippen molar-refractivity contribution in [3.05, 3.63) is 40.4 Å². The molecule has 24 heavy (non-hydrogen) atoms. The van der Waals surface area contributed by atoms with E-state index in [1.54, 1.807) is 6.07 Å². The minimum atomic E-state index is -0.577. The second-order valence-corrected chi connectivity index (χ2v) is 5.76. The van der Waals surface area contributed by atoms with Gasteiger partial charge in [-0.1, -0.05) is 18.5 Å². The molecule has 7 nitrogen and oxygen atoms in total. The Labute approximate surface area is 144 Å². The molecule has 2 amide bonds. The summed E-state index contributed by atoms with van der Waals surface area (Å²) in [5, 5.41) is 2.96. The van der Waals surface area contributed by atoms with E-state index >= 15 is 0 Å². The quantitative estimate of drug-likeness (QED) is 0.743. The Morgan fingerprint density at radius 2 is 2.12 bits per heavy atom. The van der Waals surface area contributed by atoms with Crippen LogP contribution in [0.2, 0.25) is 5.15 Å². The zero-order valence-corrected chi connectivity index (χ0v) is 14.4. The van der Waals surface area contributed by atoms with Crippen molar-refractivity contribution in [2.75, 3.05) is 5.32 Å². The predicted molar refractivity (Wildman–Crippen MR) is 91.7 cm³/mol. The molecule has 0 radical (unpaired) electrons. The molecule has 0 aliphatic heterocycles. The number of carbonyl (C=O) groups excluding carboxylic acids is 2. The number of rotatable bonds is 6. The minimum Gasteiger partial charge on any atom is -0.489 e. The Bertz CT molecular complexity index is 771. The van der Waals surface area contributed by atoms with E-state index in [1.165, 1.54) is 12.1 Å². The molecule has 0 bridgehead atoms. The third-order valence-corrected chi connectivity index (χ3v) is 3.49. The first-order chi connectivity index (χ1) is 11.3. The van der Waals surface area contributed by atoms with Gasteiger partial charge in [-0.25, -0.2) is 4.98 Å². The molecule has 0 unspecified atom stereocenters. The average Bonchev–Trinajstić information content (AvgIpc) is 2.89. The Hall–Kier alpha value is -2.54. The third-order valence-electron chi connectivity index (χ3n) is 3.17. The Balaban J connectivity index is 2.29. The van der Waals surface area contributed by atoms with Crippen LogP contribution in [0, 0.1) is 0 Å². The van der Waals surface area contributed by atoms with Crippen LogP contribution < -0.4 is 15.8 Å². The lowest BCUT2D eigenvalue weighted by Crippen LogP contribution is -2.17. The summed E-state index contributed by atoms with van der Waals surface area (Å²) in [4.78, 5) is 30.5. The standard InChI is InChI=1S/C16H19ClN4O3/c1-4-10-13(17)21-15(19-10)16(23)20-11-6-5-9(14(18)22)7-12(11)24-8(2)3/h5-8H,4H2,1-3H3,(H2,18,22)(H,19,21)(H,20,23). The SMILES string of the molecule is CCc1[nH]c(C(=O)Nc2ccc(C(N)=O)cc2OC(C)C)nc1Cl. The van der Waals surface area contributed by atoms with Crippen molar-refractivity contribution in [3.63, 3.8) is 0 Å². The molecule has 0 aliphatic carbocycles. The zero-order chi connectivity index (χ0) is 17.9. The molecule has 1 aromatic carbocycles. The molecule has 2 aromatic rings. The fourth-order valence-electron chi connectivity index (χ4n) is 2.04. The highest BCUT2D eigenvalue weighted by Gasteiger charge is 2.17. The van der Waals surface area contributed by atoms with Crippen molar-refractivity contribution in [1.82, 2.24) is 9.97 Å². The lowest BCUT2D eigenvalue weighted by Gasteiger charge is -2.15. The van der Waals surface area contributed by atoms with Crippen molar-refractivity contribution in [2.45, 2.75) is 33.3 Å². The summed E-state index contributed by atoms with van der Waals surface area (Å²) in [6.07, 6.45) is 0.488. The summed E-state index contributed by atoms with van der Waals surface area (Å²) in [6, 6.07) is 4.56. The van der Waals surface area contributed by atoms with Gasteiger partial charge in [-0.05, 0) is 38.5 Å². The van der Waals surface area contributed by atoms with E-state index in [2.05, 4.69) is 15.3 Å². The average molecular weight is 351 g/mol. The monoisotopic (exact) mass is 350 g/mol. The van der Waals surface area contributed by atoms with Gasteiger partial charge in [-0.2, -0.15) is 0 Å². The van der Waals surface area contributed by atoms with Gasteiger partial charge in [0.2, 0.25) is 5.91 Å². The van der Waals surface area contributed by atoms with Crippen molar-refractivity contribution in [2.24, 2.45) is 5.73 Å². The van der Waals surface area contributed by atoms with Crippen molar-refractivity contribution in [3.8, 4) is 5.75 Å². The third kappa shape index (κ3) is 4.05. The fraction of sp³-hybridized carbons (Fsp3) is 0.312. The van der Waals surface area contributed by atoms with Gasteiger partial charge in [0.05, 0.1) is 17.5 Å². The number of aromatic nitrogens is 2. The van der Waals surface area contributed by atoms with Crippen LogP contribution in [-0.4, -0.2) is 27.9 Å². The van der Waals surface area contributed by atoms with E-state index in [0.717, 1.165) is 0 Å². The van der Waals surface area contributed by atoms with Crippen LogP contribution in [0.25, 0.3) is 0 Å². The molecule has 128 valence electrons. The van der Waals surface area contributed by atoms with Crippen LogP contribution >= 0.6 is 11.6 Å². The molecule has 0 fully saturated rings. The van der Waals surface area contributed by atoms with Gasteiger partial charge in [0, 0.05) is 5.56 Å². The van der Waals surface area contributed by atoms with Gasteiger partial charge in [-0.15, -0.1) is 0 Å². The number of imidazole rings is 1. The number of aromatic amines is 1. The highest BCUT2D eigenvalue weighted by Crippen LogP contribution is 2.27. The highest BCUT2D eigenvalue weighted by molar-refractivity contribution is 6.30. The van der Waals surface area contributed by atoms with Gasteiger partial charge in [0.1, 0.15) is 5.75 Å². The Kier molecular flexibility index (Phi) is 5.46. The van der Waals surface area contributed by atoms with Gasteiger partial charge in [0.15, 0.2) is 11.0 Å². The number of carbonyl (C=O) groups is 2. The number of benzene rings is 1. The number of primary amides is 1. The number of anilines is 1. The van der Waals surface area contributed by atoms with Crippen LogP contribution in [0.3, 0.4) is 0 Å². The lowest BCUT2D eigenvalue weighted by molar-refractivity contribution is 0.0997. The largest absolute Gasteiger partial charge is 0.489 e. The zero-order valence-electron chi connectivity index (χ0n) is 13.6. The fourth-order valence-corrected chi connectivity index (χ4v) is 2.31.